The Morgan fingerprint density at radius 3 is 2.80 bits per heavy atom. The molecule has 0 radical (unpaired) electrons. The molecule has 1 atom stereocenters. The van der Waals surface area contributed by atoms with Gasteiger partial charge in [-0.15, -0.1) is 5.10 Å². The van der Waals surface area contributed by atoms with Crippen molar-refractivity contribution in [2.75, 3.05) is 19.5 Å². The van der Waals surface area contributed by atoms with Crippen LogP contribution in [0.5, 0.6) is 5.75 Å². The van der Waals surface area contributed by atoms with Gasteiger partial charge < -0.3 is 14.0 Å². The minimum atomic E-state index is 0.0657. The third kappa shape index (κ3) is 4.27. The average molecular weight is 428 g/mol. The summed E-state index contributed by atoms with van der Waals surface area (Å²) in [4.78, 5) is 12.9. The number of methoxy groups -OCH3 is 1. The molecule has 0 bridgehead atoms. The van der Waals surface area contributed by atoms with Crippen LogP contribution in [-0.2, 0) is 11.3 Å². The van der Waals surface area contributed by atoms with E-state index in [-0.39, 0.29) is 17.6 Å². The fourth-order valence-corrected chi connectivity index (χ4v) is 4.49. The number of hydrogen-bond acceptors (Lipinski definition) is 7. The second-order valence-electron chi connectivity index (χ2n) is 7.31. The third-order valence-electron chi connectivity index (χ3n) is 5.37. The van der Waals surface area contributed by atoms with Crippen LogP contribution >= 0.6 is 11.8 Å². The largest absolute Gasteiger partial charge is 0.497 e. The van der Waals surface area contributed by atoms with E-state index < -0.39 is 0 Å². The Balaban J connectivity index is 1.45. The molecule has 0 amide bonds. The molecule has 1 fully saturated rings. The number of rotatable bonds is 8. The van der Waals surface area contributed by atoms with E-state index in [4.69, 9.17) is 9.47 Å². The first kappa shape index (κ1) is 20.6. The summed E-state index contributed by atoms with van der Waals surface area (Å²) in [5.41, 5.74) is 3.63. The molecule has 0 aliphatic carbocycles. The predicted molar refractivity (Wildman–Crippen MR) is 114 cm³/mol. The van der Waals surface area contributed by atoms with Crippen molar-refractivity contribution in [1.29, 1.82) is 0 Å². The summed E-state index contributed by atoms with van der Waals surface area (Å²) in [6, 6.07) is 9.41. The van der Waals surface area contributed by atoms with E-state index in [2.05, 4.69) is 20.1 Å². The zero-order valence-electron chi connectivity index (χ0n) is 17.4. The summed E-state index contributed by atoms with van der Waals surface area (Å²) >= 11 is 1.33. The molecule has 1 aromatic carbocycles. The molecular formula is C21H25N5O3S. The molecule has 3 heterocycles. The summed E-state index contributed by atoms with van der Waals surface area (Å²) in [6.45, 7) is 5.67. The highest BCUT2D eigenvalue weighted by atomic mass is 32.2. The highest BCUT2D eigenvalue weighted by molar-refractivity contribution is 7.99. The molecule has 0 N–H and O–H groups in total. The highest BCUT2D eigenvalue weighted by Crippen LogP contribution is 2.24. The maximum absolute atomic E-state index is 12.9. The van der Waals surface area contributed by atoms with E-state index in [0.717, 1.165) is 54.4 Å². The minimum Gasteiger partial charge on any atom is -0.497 e. The number of aryl methyl sites for hydroxylation is 1. The smallest absolute Gasteiger partial charge is 0.214 e. The van der Waals surface area contributed by atoms with Crippen LogP contribution in [0.25, 0.3) is 5.69 Å². The van der Waals surface area contributed by atoms with E-state index in [9.17, 15) is 4.79 Å². The predicted octanol–water partition coefficient (Wildman–Crippen LogP) is 3.24. The second-order valence-corrected chi connectivity index (χ2v) is 8.26. The highest BCUT2D eigenvalue weighted by Gasteiger charge is 2.21. The van der Waals surface area contributed by atoms with Crippen LogP contribution in [-0.4, -0.2) is 56.1 Å². The molecule has 1 aliphatic rings. The number of ether oxygens (including phenoxy) is 2. The monoisotopic (exact) mass is 427 g/mol. The van der Waals surface area contributed by atoms with Crippen LogP contribution < -0.4 is 4.74 Å². The quantitative estimate of drug-likeness (QED) is 0.403. The SMILES string of the molecule is COc1ccc(-n2nnnc2SCC(=O)c2cc(C)n(C[C@H]3CCCO3)c2C)cc1. The van der Waals surface area contributed by atoms with Crippen LogP contribution in [0.4, 0.5) is 0 Å². The number of aromatic nitrogens is 5. The van der Waals surface area contributed by atoms with Gasteiger partial charge in [0.15, 0.2) is 5.78 Å². The summed E-state index contributed by atoms with van der Waals surface area (Å²) in [5.74, 6) is 1.09. The van der Waals surface area contributed by atoms with E-state index >= 15 is 0 Å². The van der Waals surface area contributed by atoms with Crippen LogP contribution in [0.15, 0.2) is 35.5 Å². The zero-order chi connectivity index (χ0) is 21.1. The fraction of sp³-hybridized carbons (Fsp3) is 0.429. The first-order valence-electron chi connectivity index (χ1n) is 9.94. The van der Waals surface area contributed by atoms with Gasteiger partial charge in [-0.3, -0.25) is 4.79 Å². The van der Waals surface area contributed by atoms with Crippen molar-refractivity contribution in [3.8, 4) is 11.4 Å². The molecule has 158 valence electrons. The van der Waals surface area contributed by atoms with Gasteiger partial charge in [-0.05, 0) is 67.4 Å². The molecule has 1 saturated heterocycles. The van der Waals surface area contributed by atoms with Crippen molar-refractivity contribution in [2.45, 2.75) is 44.5 Å². The van der Waals surface area contributed by atoms with Gasteiger partial charge in [-0.2, -0.15) is 4.68 Å². The van der Waals surface area contributed by atoms with Gasteiger partial charge in [0.2, 0.25) is 5.16 Å². The van der Waals surface area contributed by atoms with Gasteiger partial charge in [0, 0.05) is 30.1 Å². The molecule has 0 saturated carbocycles. The number of tetrazole rings is 1. The summed E-state index contributed by atoms with van der Waals surface area (Å²) in [7, 11) is 1.62. The molecule has 4 rings (SSSR count). The number of hydrogen-bond donors (Lipinski definition) is 0. The second kappa shape index (κ2) is 9.01. The normalized spacial score (nSPS) is 16.2. The zero-order valence-corrected chi connectivity index (χ0v) is 18.2. The Morgan fingerprint density at radius 2 is 2.10 bits per heavy atom. The molecular weight excluding hydrogens is 402 g/mol. The Hall–Kier alpha value is -2.65. The van der Waals surface area contributed by atoms with Gasteiger partial charge >= 0.3 is 0 Å². The molecule has 2 aromatic heterocycles. The van der Waals surface area contributed by atoms with Crippen LogP contribution in [0.2, 0.25) is 0 Å². The maximum Gasteiger partial charge on any atom is 0.214 e. The molecule has 3 aromatic rings. The van der Waals surface area contributed by atoms with Crippen molar-refractivity contribution in [3.63, 3.8) is 0 Å². The Labute approximate surface area is 179 Å². The Bertz CT molecular complexity index is 1020. The number of thioether (sulfide) groups is 1. The van der Waals surface area contributed by atoms with Gasteiger partial charge in [0.1, 0.15) is 5.75 Å². The topological polar surface area (TPSA) is 84.1 Å². The molecule has 8 nitrogen and oxygen atoms in total. The maximum atomic E-state index is 12.9. The van der Waals surface area contributed by atoms with Gasteiger partial charge in [-0.25, -0.2) is 0 Å². The lowest BCUT2D eigenvalue weighted by Gasteiger charge is -2.14. The number of ketones is 1. The van der Waals surface area contributed by atoms with E-state index in [1.165, 1.54) is 11.8 Å². The van der Waals surface area contributed by atoms with Crippen molar-refractivity contribution in [3.05, 3.63) is 47.3 Å². The molecule has 0 unspecified atom stereocenters. The van der Waals surface area contributed by atoms with E-state index in [1.54, 1.807) is 11.8 Å². The Morgan fingerprint density at radius 1 is 1.30 bits per heavy atom. The van der Waals surface area contributed by atoms with Gasteiger partial charge in [0.05, 0.1) is 24.7 Å². The lowest BCUT2D eigenvalue weighted by molar-refractivity contribution is 0.0957. The molecule has 9 heteroatoms. The van der Waals surface area contributed by atoms with Crippen molar-refractivity contribution in [1.82, 2.24) is 24.8 Å². The van der Waals surface area contributed by atoms with Gasteiger partial charge in [-0.1, -0.05) is 11.8 Å². The van der Waals surface area contributed by atoms with Crippen molar-refractivity contribution < 1.29 is 14.3 Å². The number of Topliss-reactive ketones (excluding diaryl/α,β-unsaturated/α-hetero) is 1. The van der Waals surface area contributed by atoms with Crippen LogP contribution in [0, 0.1) is 13.8 Å². The first-order chi connectivity index (χ1) is 14.6. The van der Waals surface area contributed by atoms with Crippen LogP contribution in [0.1, 0.15) is 34.6 Å². The lowest BCUT2D eigenvalue weighted by Crippen LogP contribution is -2.17. The number of benzene rings is 1. The first-order valence-corrected chi connectivity index (χ1v) is 10.9. The van der Waals surface area contributed by atoms with E-state index in [1.807, 2.05) is 44.2 Å². The Kier molecular flexibility index (Phi) is 6.19. The number of carbonyl (C=O) groups is 1. The van der Waals surface area contributed by atoms with Crippen molar-refractivity contribution in [2.24, 2.45) is 0 Å². The number of carbonyl (C=O) groups excluding carboxylic acids is 1. The lowest BCUT2D eigenvalue weighted by atomic mass is 10.2. The average Bonchev–Trinajstić information content (AvgIpc) is 3.50. The minimum absolute atomic E-state index is 0.0657. The standard InChI is InChI=1S/C21H25N5O3S/c1-14-11-19(15(2)25(14)12-18-5-4-10-29-18)20(27)13-30-21-22-23-24-26(21)16-6-8-17(28-3)9-7-16/h6-9,11,18H,4-5,10,12-13H2,1-3H3/t18-/m1/s1. The number of nitrogens with zero attached hydrogens (tertiary/aromatic N) is 5. The van der Waals surface area contributed by atoms with Gasteiger partial charge in [0.25, 0.3) is 0 Å². The summed E-state index contributed by atoms with van der Waals surface area (Å²) < 4.78 is 14.8. The molecule has 0 spiro atoms. The molecule has 1 aliphatic heterocycles. The van der Waals surface area contributed by atoms with Crippen molar-refractivity contribution >= 4 is 17.5 Å². The fourth-order valence-electron chi connectivity index (χ4n) is 3.72. The van der Waals surface area contributed by atoms with E-state index in [0.29, 0.717) is 5.16 Å². The molecule has 30 heavy (non-hydrogen) atoms. The third-order valence-corrected chi connectivity index (χ3v) is 6.29. The van der Waals surface area contributed by atoms with Crippen LogP contribution in [0.3, 0.4) is 0 Å². The summed E-state index contributed by atoms with van der Waals surface area (Å²) in [6.07, 6.45) is 2.42. The summed E-state index contributed by atoms with van der Waals surface area (Å²) in [5, 5.41) is 12.5.